The second-order valence-corrected chi connectivity index (χ2v) is 10.1. The molecule has 0 amide bonds. The normalized spacial score (nSPS) is 16.6. The van der Waals surface area contributed by atoms with Crippen molar-refractivity contribution in [3.63, 3.8) is 0 Å². The van der Waals surface area contributed by atoms with Crippen molar-refractivity contribution in [3.05, 3.63) is 39.9 Å². The summed E-state index contributed by atoms with van der Waals surface area (Å²) >= 11 is 1.69. The van der Waals surface area contributed by atoms with E-state index < -0.39 is 18.0 Å². The summed E-state index contributed by atoms with van der Waals surface area (Å²) in [5.41, 5.74) is 8.53. The monoisotopic (exact) mass is 539 g/mol. The average Bonchev–Trinajstić information content (AvgIpc) is 3.20. The summed E-state index contributed by atoms with van der Waals surface area (Å²) in [5, 5.41) is 10.1. The Morgan fingerprint density at radius 2 is 2.03 bits per heavy atom. The number of aromatic nitrogens is 1. The van der Waals surface area contributed by atoms with Crippen molar-refractivity contribution in [2.75, 3.05) is 37.8 Å². The van der Waals surface area contributed by atoms with Gasteiger partial charge in [-0.15, -0.1) is 23.7 Å². The van der Waals surface area contributed by atoms with Gasteiger partial charge >= 0.3 is 11.9 Å². The predicted octanol–water partition coefficient (Wildman–Crippen LogP) is 3.44. The van der Waals surface area contributed by atoms with Crippen molar-refractivity contribution in [2.24, 2.45) is 5.73 Å². The van der Waals surface area contributed by atoms with E-state index >= 15 is 0 Å². The fourth-order valence-corrected chi connectivity index (χ4v) is 5.08. The van der Waals surface area contributed by atoms with Crippen molar-refractivity contribution in [2.45, 2.75) is 57.6 Å². The molecule has 1 aromatic heterocycles. The fourth-order valence-electron chi connectivity index (χ4n) is 4.07. The molecule has 3 N–H and O–H groups in total. The van der Waals surface area contributed by atoms with E-state index in [1.54, 1.807) is 29.5 Å². The summed E-state index contributed by atoms with van der Waals surface area (Å²) in [5.74, 6) is -0.818. The number of nitrogens with zero attached hydrogens (tertiary/aromatic N) is 2. The zero-order valence-electron chi connectivity index (χ0n) is 20.4. The molecule has 2 heterocycles. The van der Waals surface area contributed by atoms with E-state index in [0.717, 1.165) is 56.4 Å². The summed E-state index contributed by atoms with van der Waals surface area (Å²) in [4.78, 5) is 31.9. The highest BCUT2D eigenvalue weighted by atomic mass is 35.5. The molecule has 1 saturated heterocycles. The summed E-state index contributed by atoms with van der Waals surface area (Å²) in [6.45, 7) is 5.63. The Bertz CT molecular complexity index is 1040. The van der Waals surface area contributed by atoms with Gasteiger partial charge in [0, 0.05) is 30.8 Å². The van der Waals surface area contributed by atoms with Crippen LogP contribution in [-0.4, -0.2) is 61.0 Å². The summed E-state index contributed by atoms with van der Waals surface area (Å²) in [6, 6.07) is 4.32. The molecule has 2 fully saturated rings. The number of rotatable bonds is 11. The molecule has 9 nitrogen and oxygen atoms in total. The molecule has 1 saturated carbocycles. The number of halogens is 1. The maximum absolute atomic E-state index is 12.6. The molecule has 4 rings (SSSR count). The quantitative estimate of drug-likeness (QED) is 0.413. The second kappa shape index (κ2) is 13.2. The van der Waals surface area contributed by atoms with Gasteiger partial charge in [-0.3, -0.25) is 4.79 Å². The number of benzene rings is 1. The average molecular weight is 540 g/mol. The first-order chi connectivity index (χ1) is 16.9. The second-order valence-electron chi connectivity index (χ2n) is 8.92. The minimum atomic E-state index is -0.986. The number of carboxylic acid groups (broad SMARTS) is 1. The van der Waals surface area contributed by atoms with Crippen LogP contribution in [0.1, 0.15) is 53.4 Å². The van der Waals surface area contributed by atoms with Crippen LogP contribution in [0.4, 0.5) is 5.13 Å². The van der Waals surface area contributed by atoms with E-state index in [1.807, 2.05) is 0 Å². The first-order valence-electron chi connectivity index (χ1n) is 12.1. The van der Waals surface area contributed by atoms with Gasteiger partial charge in [0.2, 0.25) is 0 Å². The van der Waals surface area contributed by atoms with Gasteiger partial charge in [-0.2, -0.15) is 0 Å². The molecule has 1 unspecified atom stereocenters. The number of aliphatic carboxylic acids is 1. The molecule has 2 aromatic rings. The minimum absolute atomic E-state index is 0. The lowest BCUT2D eigenvalue weighted by atomic mass is 9.95. The van der Waals surface area contributed by atoms with Crippen molar-refractivity contribution >= 4 is 40.8 Å². The maximum Gasteiger partial charge on any atom is 0.327 e. The van der Waals surface area contributed by atoms with E-state index in [2.05, 4.69) is 11.8 Å². The van der Waals surface area contributed by atoms with Gasteiger partial charge in [0.25, 0.3) is 0 Å². The molecule has 1 atom stereocenters. The molecule has 0 bridgehead atoms. The Hall–Kier alpha value is -2.40. The summed E-state index contributed by atoms with van der Waals surface area (Å²) in [6.07, 6.45) is 3.57. The van der Waals surface area contributed by atoms with Crippen LogP contribution in [0.25, 0.3) is 0 Å². The first-order valence-corrected chi connectivity index (χ1v) is 12.9. The Labute approximate surface area is 221 Å². The Balaban J connectivity index is 0.00000361. The third-order valence-electron chi connectivity index (χ3n) is 6.42. The maximum atomic E-state index is 12.6. The molecule has 0 spiro atoms. The number of anilines is 1. The van der Waals surface area contributed by atoms with Gasteiger partial charge in [-0.1, -0.05) is 6.07 Å². The minimum Gasteiger partial charge on any atom is -0.493 e. The van der Waals surface area contributed by atoms with Crippen LogP contribution in [-0.2, 0) is 31.9 Å². The molecular formula is C25H34ClN3O6S. The zero-order chi connectivity index (χ0) is 24.8. The third kappa shape index (κ3) is 7.32. The van der Waals surface area contributed by atoms with Gasteiger partial charge in [-0.05, 0) is 55.9 Å². The highest BCUT2D eigenvalue weighted by molar-refractivity contribution is 7.15. The number of carbonyl (C=O) groups excluding carboxylic acids is 1. The number of hydrogen-bond donors (Lipinski definition) is 2. The van der Waals surface area contributed by atoms with Crippen molar-refractivity contribution in [3.8, 4) is 5.75 Å². The van der Waals surface area contributed by atoms with Gasteiger partial charge in [-0.25, -0.2) is 9.78 Å². The number of esters is 1. The molecule has 0 radical (unpaired) electrons. The highest BCUT2D eigenvalue weighted by Crippen LogP contribution is 2.29. The summed E-state index contributed by atoms with van der Waals surface area (Å²) < 4.78 is 16.9. The number of ether oxygens (including phenoxy) is 3. The Kier molecular flexibility index (Phi) is 10.4. The molecule has 11 heteroatoms. The van der Waals surface area contributed by atoms with Crippen LogP contribution in [0.2, 0.25) is 0 Å². The van der Waals surface area contributed by atoms with Crippen LogP contribution in [0.3, 0.4) is 0 Å². The molecule has 198 valence electrons. The lowest BCUT2D eigenvalue weighted by molar-refractivity contribution is -0.154. The van der Waals surface area contributed by atoms with Crippen LogP contribution in [0.5, 0.6) is 5.75 Å². The topological polar surface area (TPSA) is 124 Å². The molecule has 1 aromatic carbocycles. The molecule has 1 aliphatic heterocycles. The SMILES string of the molecule is Cc1sc(N2CCOCC2)nc1CCOc1ccc(CCC(=O)O)c(C(N)C(=O)OC2CCC2)c1.Cl. The van der Waals surface area contributed by atoms with Crippen LogP contribution in [0, 0.1) is 6.92 Å². The number of carbonyl (C=O) groups is 2. The van der Waals surface area contributed by atoms with Crippen molar-refractivity contribution in [1.82, 2.24) is 4.98 Å². The molecule has 36 heavy (non-hydrogen) atoms. The number of carboxylic acids is 1. The smallest absolute Gasteiger partial charge is 0.327 e. The van der Waals surface area contributed by atoms with Crippen LogP contribution >= 0.6 is 23.7 Å². The van der Waals surface area contributed by atoms with E-state index in [1.165, 1.54) is 4.88 Å². The Morgan fingerprint density at radius 3 is 2.69 bits per heavy atom. The largest absolute Gasteiger partial charge is 0.493 e. The van der Waals surface area contributed by atoms with E-state index in [9.17, 15) is 9.59 Å². The number of morpholine rings is 1. The lowest BCUT2D eigenvalue weighted by Gasteiger charge is -2.27. The number of hydrogen-bond acceptors (Lipinski definition) is 9. The Morgan fingerprint density at radius 1 is 1.28 bits per heavy atom. The standard InChI is InChI=1S/C25H33N3O6S.ClH/c1-16-21(27-25(35-16)28-10-13-32-14-11-28)9-12-33-19-7-5-17(6-8-22(29)30)20(15-19)23(26)24(31)34-18-3-2-4-18;/h5,7,15,18,23H,2-4,6,8-14,26H2,1H3,(H,29,30);1H. The number of nitrogens with two attached hydrogens (primary N) is 1. The zero-order valence-corrected chi connectivity index (χ0v) is 22.1. The predicted molar refractivity (Wildman–Crippen MR) is 139 cm³/mol. The van der Waals surface area contributed by atoms with E-state index in [-0.39, 0.29) is 31.4 Å². The number of aryl methyl sites for hydroxylation is 2. The number of thiazole rings is 1. The van der Waals surface area contributed by atoms with Crippen molar-refractivity contribution < 1.29 is 28.9 Å². The highest BCUT2D eigenvalue weighted by Gasteiger charge is 2.27. The third-order valence-corrected chi connectivity index (χ3v) is 7.49. The fraction of sp³-hybridized carbons (Fsp3) is 0.560. The van der Waals surface area contributed by atoms with Crippen LogP contribution < -0.4 is 15.4 Å². The van der Waals surface area contributed by atoms with E-state index in [0.29, 0.717) is 29.9 Å². The van der Waals surface area contributed by atoms with Crippen molar-refractivity contribution in [1.29, 1.82) is 0 Å². The molecule has 1 aliphatic carbocycles. The van der Waals surface area contributed by atoms with Gasteiger partial charge < -0.3 is 30.0 Å². The molecular weight excluding hydrogens is 506 g/mol. The van der Waals surface area contributed by atoms with E-state index in [4.69, 9.17) is 30.0 Å². The summed E-state index contributed by atoms with van der Waals surface area (Å²) in [7, 11) is 0. The molecule has 2 aliphatic rings. The van der Waals surface area contributed by atoms with Gasteiger partial charge in [0.1, 0.15) is 17.9 Å². The van der Waals surface area contributed by atoms with Gasteiger partial charge in [0.15, 0.2) is 5.13 Å². The van der Waals surface area contributed by atoms with Crippen LogP contribution in [0.15, 0.2) is 18.2 Å². The first kappa shape index (κ1) is 28.2. The lowest BCUT2D eigenvalue weighted by Crippen LogP contribution is -2.36. The van der Waals surface area contributed by atoms with Gasteiger partial charge in [0.05, 0.1) is 25.5 Å².